The number of aromatic amines is 1. The zero-order chi connectivity index (χ0) is 12.5. The van der Waals surface area contributed by atoms with E-state index in [9.17, 15) is 13.2 Å². The Labute approximate surface area is 99.4 Å². The SMILES string of the molecule is O=C(O)c1ncsc1S(=O)(=O)Nc1ncc[nH]1. The number of nitrogens with zero attached hydrogens (tertiary/aromatic N) is 2. The molecule has 0 atom stereocenters. The zero-order valence-corrected chi connectivity index (χ0v) is 9.75. The van der Waals surface area contributed by atoms with Gasteiger partial charge in [-0.2, -0.15) is 0 Å². The summed E-state index contributed by atoms with van der Waals surface area (Å²) in [5.74, 6) is -1.39. The van der Waals surface area contributed by atoms with Gasteiger partial charge < -0.3 is 10.1 Å². The minimum Gasteiger partial charge on any atom is -0.476 e. The van der Waals surface area contributed by atoms with Gasteiger partial charge in [-0.1, -0.05) is 0 Å². The second kappa shape index (κ2) is 4.14. The van der Waals surface area contributed by atoms with E-state index in [2.05, 4.69) is 19.7 Å². The maximum atomic E-state index is 11.8. The molecule has 0 unspecified atom stereocenters. The number of hydrogen-bond donors (Lipinski definition) is 3. The number of carboxylic acids is 1. The number of anilines is 1. The first-order valence-corrected chi connectivity index (χ1v) is 6.56. The second-order valence-electron chi connectivity index (χ2n) is 2.84. The first kappa shape index (κ1) is 11.5. The molecule has 3 N–H and O–H groups in total. The third-order valence-electron chi connectivity index (χ3n) is 1.71. The lowest BCUT2D eigenvalue weighted by molar-refractivity contribution is 0.0687. The lowest BCUT2D eigenvalue weighted by Gasteiger charge is -2.02. The molecule has 0 fully saturated rings. The third kappa shape index (κ3) is 2.26. The van der Waals surface area contributed by atoms with E-state index in [1.165, 1.54) is 12.4 Å². The lowest BCUT2D eigenvalue weighted by atomic mass is 10.5. The monoisotopic (exact) mass is 274 g/mol. The minimum atomic E-state index is -3.98. The van der Waals surface area contributed by atoms with Gasteiger partial charge in [0.1, 0.15) is 0 Å². The molecule has 2 rings (SSSR count). The van der Waals surface area contributed by atoms with Gasteiger partial charge in [0.2, 0.25) is 5.95 Å². The zero-order valence-electron chi connectivity index (χ0n) is 8.11. The van der Waals surface area contributed by atoms with Crippen molar-refractivity contribution in [2.75, 3.05) is 4.72 Å². The van der Waals surface area contributed by atoms with Gasteiger partial charge in [0.25, 0.3) is 10.0 Å². The molecule has 2 aromatic rings. The van der Waals surface area contributed by atoms with Crippen molar-refractivity contribution in [3.05, 3.63) is 23.6 Å². The number of aromatic nitrogens is 3. The van der Waals surface area contributed by atoms with Crippen LogP contribution in [0, 0.1) is 0 Å². The highest BCUT2D eigenvalue weighted by Gasteiger charge is 2.26. The fraction of sp³-hybridized carbons (Fsp3) is 0. The van der Waals surface area contributed by atoms with Crippen LogP contribution in [-0.4, -0.2) is 34.4 Å². The first-order valence-electron chi connectivity index (χ1n) is 4.19. The highest BCUT2D eigenvalue weighted by Crippen LogP contribution is 2.21. The molecule has 0 saturated heterocycles. The molecule has 0 aliphatic carbocycles. The lowest BCUT2D eigenvalue weighted by Crippen LogP contribution is -2.16. The van der Waals surface area contributed by atoms with Crippen LogP contribution < -0.4 is 4.72 Å². The molecule has 8 nitrogen and oxygen atoms in total. The Hall–Kier alpha value is -1.94. The molecular formula is C7H6N4O4S2. The van der Waals surface area contributed by atoms with Crippen LogP contribution in [0.2, 0.25) is 0 Å². The summed E-state index contributed by atoms with van der Waals surface area (Å²) in [6.07, 6.45) is 2.80. The topological polar surface area (TPSA) is 125 Å². The quantitative estimate of drug-likeness (QED) is 0.739. The van der Waals surface area contributed by atoms with Gasteiger partial charge >= 0.3 is 5.97 Å². The second-order valence-corrected chi connectivity index (χ2v) is 5.57. The van der Waals surface area contributed by atoms with E-state index < -0.39 is 21.7 Å². The smallest absolute Gasteiger partial charge is 0.356 e. The molecule has 0 bridgehead atoms. The fourth-order valence-corrected chi connectivity index (χ4v) is 3.18. The van der Waals surface area contributed by atoms with Crippen molar-refractivity contribution in [1.29, 1.82) is 0 Å². The summed E-state index contributed by atoms with van der Waals surface area (Å²) in [5, 5.41) is 8.77. The number of imidazole rings is 1. The van der Waals surface area contributed by atoms with E-state index in [1.807, 2.05) is 0 Å². The molecular weight excluding hydrogens is 268 g/mol. The number of rotatable bonds is 4. The van der Waals surface area contributed by atoms with Gasteiger partial charge in [0, 0.05) is 12.4 Å². The van der Waals surface area contributed by atoms with Crippen molar-refractivity contribution in [2.45, 2.75) is 4.21 Å². The summed E-state index contributed by atoms with van der Waals surface area (Å²) in [7, 11) is -3.98. The Morgan fingerprint density at radius 1 is 1.47 bits per heavy atom. The Morgan fingerprint density at radius 2 is 2.24 bits per heavy atom. The van der Waals surface area contributed by atoms with Crippen LogP contribution in [0.4, 0.5) is 5.95 Å². The number of aromatic carboxylic acids is 1. The van der Waals surface area contributed by atoms with Crippen LogP contribution in [0.1, 0.15) is 10.5 Å². The van der Waals surface area contributed by atoms with Crippen LogP contribution in [-0.2, 0) is 10.0 Å². The van der Waals surface area contributed by atoms with Gasteiger partial charge in [-0.05, 0) is 0 Å². The molecule has 10 heteroatoms. The van der Waals surface area contributed by atoms with Crippen LogP contribution in [0.5, 0.6) is 0 Å². The number of thiazole rings is 1. The third-order valence-corrected chi connectivity index (χ3v) is 4.42. The van der Waals surface area contributed by atoms with E-state index in [0.717, 1.165) is 16.8 Å². The normalized spacial score (nSPS) is 11.3. The van der Waals surface area contributed by atoms with Crippen LogP contribution in [0.3, 0.4) is 0 Å². The molecule has 90 valence electrons. The van der Waals surface area contributed by atoms with Crippen molar-refractivity contribution < 1.29 is 18.3 Å². The van der Waals surface area contributed by atoms with E-state index in [-0.39, 0.29) is 10.2 Å². The van der Waals surface area contributed by atoms with E-state index >= 15 is 0 Å². The summed E-state index contributed by atoms with van der Waals surface area (Å²) in [6.45, 7) is 0. The number of carbonyl (C=O) groups is 1. The molecule has 0 aliphatic heterocycles. The molecule has 0 aliphatic rings. The van der Waals surface area contributed by atoms with Crippen molar-refractivity contribution in [1.82, 2.24) is 15.0 Å². The predicted molar refractivity (Wildman–Crippen MR) is 58.5 cm³/mol. The molecule has 0 aromatic carbocycles. The van der Waals surface area contributed by atoms with Gasteiger partial charge in [-0.3, -0.25) is 0 Å². The summed E-state index contributed by atoms with van der Waals surface area (Å²) < 4.78 is 25.4. The van der Waals surface area contributed by atoms with Gasteiger partial charge in [-0.15, -0.1) is 11.3 Å². The maximum absolute atomic E-state index is 11.8. The van der Waals surface area contributed by atoms with Crippen molar-refractivity contribution in [3.8, 4) is 0 Å². The summed E-state index contributed by atoms with van der Waals surface area (Å²) in [6, 6.07) is 0. The van der Waals surface area contributed by atoms with E-state index in [1.54, 1.807) is 0 Å². The maximum Gasteiger partial charge on any atom is 0.356 e. The average Bonchev–Trinajstić information content (AvgIpc) is 2.84. The molecule has 0 amide bonds. The number of nitrogens with one attached hydrogen (secondary N) is 2. The average molecular weight is 274 g/mol. The van der Waals surface area contributed by atoms with Crippen LogP contribution in [0.25, 0.3) is 0 Å². The van der Waals surface area contributed by atoms with Crippen LogP contribution >= 0.6 is 11.3 Å². The molecule has 2 aromatic heterocycles. The van der Waals surface area contributed by atoms with Gasteiger partial charge in [-0.25, -0.2) is 27.9 Å². The molecule has 0 radical (unpaired) electrons. The highest BCUT2D eigenvalue weighted by atomic mass is 32.2. The fourth-order valence-electron chi connectivity index (χ4n) is 1.06. The Morgan fingerprint density at radius 3 is 2.82 bits per heavy atom. The summed E-state index contributed by atoms with van der Waals surface area (Å²) >= 11 is 0.723. The number of H-pyrrole nitrogens is 1. The highest BCUT2D eigenvalue weighted by molar-refractivity contribution is 7.94. The predicted octanol–water partition coefficient (Wildman–Crippen LogP) is 0.365. The first-order chi connectivity index (χ1) is 8.00. The van der Waals surface area contributed by atoms with E-state index in [0.29, 0.717) is 0 Å². The van der Waals surface area contributed by atoms with Crippen molar-refractivity contribution in [2.24, 2.45) is 0 Å². The van der Waals surface area contributed by atoms with Crippen molar-refractivity contribution >= 4 is 33.3 Å². The number of sulfonamides is 1. The Kier molecular flexibility index (Phi) is 2.81. The molecule has 0 spiro atoms. The number of carboxylic acid groups (broad SMARTS) is 1. The Bertz CT molecular complexity index is 631. The van der Waals surface area contributed by atoms with Crippen molar-refractivity contribution in [3.63, 3.8) is 0 Å². The Balaban J connectivity index is 2.38. The minimum absolute atomic E-state index is 0.00902. The summed E-state index contributed by atoms with van der Waals surface area (Å²) in [4.78, 5) is 20.5. The molecule has 0 saturated carbocycles. The number of hydrogen-bond acceptors (Lipinski definition) is 6. The van der Waals surface area contributed by atoms with Gasteiger partial charge in [0.15, 0.2) is 9.90 Å². The summed E-state index contributed by atoms with van der Waals surface area (Å²) in [5.41, 5.74) is 0.647. The standard InChI is InChI=1S/C7H6N4O4S2/c12-5(13)4-6(16-3-10-4)17(14,15)11-7-8-1-2-9-7/h1-3H,(H,12,13)(H2,8,9,11). The molecule has 2 heterocycles. The van der Waals surface area contributed by atoms with Crippen LogP contribution in [0.15, 0.2) is 22.1 Å². The molecule has 17 heavy (non-hydrogen) atoms. The van der Waals surface area contributed by atoms with Gasteiger partial charge in [0.05, 0.1) is 5.51 Å². The van der Waals surface area contributed by atoms with E-state index in [4.69, 9.17) is 5.11 Å². The largest absolute Gasteiger partial charge is 0.476 e.